The highest BCUT2D eigenvalue weighted by Gasteiger charge is 2.29. The van der Waals surface area contributed by atoms with Crippen molar-refractivity contribution in [2.75, 3.05) is 11.8 Å². The fraction of sp³-hybridized carbons (Fsp3) is 0.370. The Morgan fingerprint density at radius 1 is 1.05 bits per heavy atom. The van der Waals surface area contributed by atoms with Gasteiger partial charge in [-0.05, 0) is 37.0 Å². The number of benzene rings is 2. The topological polar surface area (TPSA) is 122 Å². The van der Waals surface area contributed by atoms with Gasteiger partial charge in [0.1, 0.15) is 6.04 Å². The minimum atomic E-state index is -3.94. The first-order valence-electron chi connectivity index (χ1n) is 12.1. The number of anilines is 1. The second-order valence-electron chi connectivity index (χ2n) is 9.29. The second kappa shape index (κ2) is 11.6. The Balaban J connectivity index is 1.77. The lowest BCUT2D eigenvalue weighted by Crippen LogP contribution is -2.50. The van der Waals surface area contributed by atoms with Gasteiger partial charge in [0.2, 0.25) is 17.7 Å². The van der Waals surface area contributed by atoms with Crippen LogP contribution >= 0.6 is 0 Å². The molecular formula is C27H34N4O5S. The minimum absolute atomic E-state index is 0.0420. The van der Waals surface area contributed by atoms with Gasteiger partial charge < -0.3 is 14.7 Å². The van der Waals surface area contributed by atoms with Crippen LogP contribution in [0.15, 0.2) is 57.9 Å². The summed E-state index contributed by atoms with van der Waals surface area (Å²) in [5, 5.41) is 6.72. The Hall–Kier alpha value is -3.66. The summed E-state index contributed by atoms with van der Waals surface area (Å²) in [6.07, 6.45) is 0.332. The van der Waals surface area contributed by atoms with Crippen molar-refractivity contribution < 1.29 is 22.5 Å². The number of rotatable bonds is 10. The molecule has 0 aliphatic rings. The number of aromatic nitrogens is 1. The van der Waals surface area contributed by atoms with Gasteiger partial charge in [0, 0.05) is 31.1 Å². The van der Waals surface area contributed by atoms with Gasteiger partial charge in [0.25, 0.3) is 10.0 Å². The molecule has 0 saturated heterocycles. The number of nitrogens with zero attached hydrogens (tertiary/aromatic N) is 2. The summed E-state index contributed by atoms with van der Waals surface area (Å²) in [5.74, 6) is -0.261. The normalized spacial score (nSPS) is 12.3. The molecule has 2 N–H and O–H groups in total. The largest absolute Gasteiger partial charge is 0.350 e. The summed E-state index contributed by atoms with van der Waals surface area (Å²) in [5.41, 5.74) is 3.30. The summed E-state index contributed by atoms with van der Waals surface area (Å²) in [6.45, 7) is 9.33. The Labute approximate surface area is 218 Å². The molecule has 37 heavy (non-hydrogen) atoms. The van der Waals surface area contributed by atoms with Crippen LogP contribution in [0.1, 0.15) is 44.0 Å². The first kappa shape index (κ1) is 27.9. The van der Waals surface area contributed by atoms with E-state index in [1.165, 1.54) is 11.0 Å². The standard InChI is InChI=1S/C27H34N4O5S/c1-7-24(32)31(6)25(17(2)3)26(33)28-16-20-12-14-21(15-13-20)22-10-8-9-11-23(22)37(34,35)30-27-18(4)19(5)29-36-27/h8-15,17,25,30H,7,16H2,1-6H3,(H,28,33)/t25-/m0/s1. The summed E-state index contributed by atoms with van der Waals surface area (Å²) in [4.78, 5) is 26.6. The highest BCUT2D eigenvalue weighted by Crippen LogP contribution is 2.30. The molecule has 0 unspecified atom stereocenters. The fourth-order valence-electron chi connectivity index (χ4n) is 4.05. The lowest BCUT2D eigenvalue weighted by Gasteiger charge is -2.30. The van der Waals surface area contributed by atoms with Gasteiger partial charge >= 0.3 is 0 Å². The number of hydrogen-bond acceptors (Lipinski definition) is 6. The second-order valence-corrected chi connectivity index (χ2v) is 10.9. The van der Waals surface area contributed by atoms with Crippen LogP contribution in [0.4, 0.5) is 5.88 Å². The lowest BCUT2D eigenvalue weighted by atomic mass is 10.0. The van der Waals surface area contributed by atoms with Crippen molar-refractivity contribution in [3.63, 3.8) is 0 Å². The zero-order valence-corrected chi connectivity index (χ0v) is 22.8. The van der Waals surface area contributed by atoms with Gasteiger partial charge in [-0.15, -0.1) is 0 Å². The van der Waals surface area contributed by atoms with E-state index >= 15 is 0 Å². The van der Waals surface area contributed by atoms with E-state index in [0.29, 0.717) is 28.8 Å². The average molecular weight is 527 g/mol. The van der Waals surface area contributed by atoms with Crippen molar-refractivity contribution in [1.29, 1.82) is 0 Å². The number of nitrogens with one attached hydrogen (secondary N) is 2. The van der Waals surface area contributed by atoms with Crippen LogP contribution in [0.2, 0.25) is 0 Å². The van der Waals surface area contributed by atoms with E-state index in [-0.39, 0.29) is 35.1 Å². The van der Waals surface area contributed by atoms with Crippen LogP contribution in [0, 0.1) is 19.8 Å². The first-order valence-corrected chi connectivity index (χ1v) is 13.6. The van der Waals surface area contributed by atoms with Crippen LogP contribution in [0.25, 0.3) is 11.1 Å². The SMILES string of the molecule is CCC(=O)N(C)[C@H](C(=O)NCc1ccc(-c2ccccc2S(=O)(=O)Nc2onc(C)c2C)cc1)C(C)C. The molecule has 0 bridgehead atoms. The van der Waals surface area contributed by atoms with Gasteiger partial charge in [0.05, 0.1) is 10.6 Å². The maximum atomic E-state index is 13.2. The van der Waals surface area contributed by atoms with Gasteiger partial charge in [0.15, 0.2) is 0 Å². The Kier molecular flexibility index (Phi) is 8.75. The summed E-state index contributed by atoms with van der Waals surface area (Å²) >= 11 is 0. The van der Waals surface area contributed by atoms with E-state index in [2.05, 4.69) is 15.2 Å². The van der Waals surface area contributed by atoms with Crippen molar-refractivity contribution in [2.45, 2.75) is 58.5 Å². The van der Waals surface area contributed by atoms with Crippen molar-refractivity contribution in [3.05, 3.63) is 65.4 Å². The first-order chi connectivity index (χ1) is 17.5. The van der Waals surface area contributed by atoms with Gasteiger partial charge in [-0.2, -0.15) is 0 Å². The fourth-order valence-corrected chi connectivity index (χ4v) is 5.33. The van der Waals surface area contributed by atoms with E-state index < -0.39 is 16.1 Å². The number of carbonyl (C=O) groups excluding carboxylic acids is 2. The Morgan fingerprint density at radius 2 is 1.70 bits per heavy atom. The predicted molar refractivity (Wildman–Crippen MR) is 142 cm³/mol. The van der Waals surface area contributed by atoms with Crippen molar-refractivity contribution >= 4 is 27.7 Å². The number of aryl methyl sites for hydroxylation is 1. The molecule has 3 rings (SSSR count). The van der Waals surface area contributed by atoms with Crippen LogP contribution in [-0.2, 0) is 26.2 Å². The van der Waals surface area contributed by atoms with Crippen LogP contribution < -0.4 is 10.0 Å². The van der Waals surface area contributed by atoms with Gasteiger partial charge in [-0.3, -0.25) is 9.59 Å². The van der Waals surface area contributed by atoms with Crippen molar-refractivity contribution in [1.82, 2.24) is 15.4 Å². The van der Waals surface area contributed by atoms with Crippen molar-refractivity contribution in [3.8, 4) is 11.1 Å². The third-order valence-corrected chi connectivity index (χ3v) is 7.69. The van der Waals surface area contributed by atoms with Gasteiger partial charge in [-0.25, -0.2) is 13.1 Å². The van der Waals surface area contributed by atoms with Crippen molar-refractivity contribution in [2.24, 2.45) is 5.92 Å². The number of carbonyl (C=O) groups is 2. The Morgan fingerprint density at radius 3 is 2.27 bits per heavy atom. The molecule has 2 aromatic carbocycles. The monoisotopic (exact) mass is 526 g/mol. The summed E-state index contributed by atoms with van der Waals surface area (Å²) < 4.78 is 34.0. The van der Waals surface area contributed by atoms with E-state index in [1.54, 1.807) is 46.0 Å². The highest BCUT2D eigenvalue weighted by atomic mass is 32.2. The maximum Gasteiger partial charge on any atom is 0.264 e. The smallest absolute Gasteiger partial charge is 0.264 e. The van der Waals surface area contributed by atoms with Crippen LogP contribution in [0.3, 0.4) is 0 Å². The molecule has 2 amide bonds. The number of sulfonamides is 1. The molecule has 198 valence electrons. The minimum Gasteiger partial charge on any atom is -0.350 e. The van der Waals surface area contributed by atoms with E-state index in [9.17, 15) is 18.0 Å². The molecule has 3 aromatic rings. The molecule has 0 fully saturated rings. The van der Waals surface area contributed by atoms with Crippen LogP contribution in [0.5, 0.6) is 0 Å². The predicted octanol–water partition coefficient (Wildman–Crippen LogP) is 4.27. The third-order valence-electron chi connectivity index (χ3n) is 6.31. The number of amides is 2. The molecule has 0 aliphatic carbocycles. The molecule has 10 heteroatoms. The van der Waals surface area contributed by atoms with Gasteiger partial charge in [-0.1, -0.05) is 68.4 Å². The summed E-state index contributed by atoms with van der Waals surface area (Å²) in [6, 6.07) is 13.4. The highest BCUT2D eigenvalue weighted by molar-refractivity contribution is 7.92. The third kappa shape index (κ3) is 6.37. The molecule has 1 atom stereocenters. The lowest BCUT2D eigenvalue weighted by molar-refractivity contribution is -0.140. The van der Waals surface area contributed by atoms with E-state index in [4.69, 9.17) is 4.52 Å². The zero-order chi connectivity index (χ0) is 27.3. The number of likely N-dealkylation sites (N-methyl/N-ethyl adjacent to an activating group) is 1. The average Bonchev–Trinajstić information content (AvgIpc) is 3.18. The van der Waals surface area contributed by atoms with E-state index in [1.807, 2.05) is 38.1 Å². The molecule has 1 heterocycles. The molecule has 9 nitrogen and oxygen atoms in total. The molecule has 1 aromatic heterocycles. The maximum absolute atomic E-state index is 13.2. The summed E-state index contributed by atoms with van der Waals surface area (Å²) in [7, 11) is -2.29. The van der Waals surface area contributed by atoms with E-state index in [0.717, 1.165) is 5.56 Å². The molecule has 0 saturated carbocycles. The Bertz CT molecular complexity index is 1360. The molecular weight excluding hydrogens is 492 g/mol. The molecule has 0 spiro atoms. The quantitative estimate of drug-likeness (QED) is 0.407. The zero-order valence-electron chi connectivity index (χ0n) is 22.0. The number of hydrogen-bond donors (Lipinski definition) is 2. The molecule has 0 aliphatic heterocycles. The van der Waals surface area contributed by atoms with Crippen LogP contribution in [-0.4, -0.2) is 43.4 Å². The molecule has 0 radical (unpaired) electrons.